The zero-order chi connectivity index (χ0) is 22.9. The van der Waals surface area contributed by atoms with Crippen molar-refractivity contribution in [2.45, 2.75) is 45.1 Å². The molecule has 2 fully saturated rings. The Morgan fingerprint density at radius 2 is 1.97 bits per heavy atom. The molecule has 2 saturated heterocycles. The molecule has 6 nitrogen and oxygen atoms in total. The van der Waals surface area contributed by atoms with E-state index in [0.717, 1.165) is 69.3 Å². The lowest BCUT2D eigenvalue weighted by molar-refractivity contribution is 0.101. The number of halogens is 2. The number of β-amino-alcohol motifs (C(OH)–C–C–N with tert-alkyl or cyclic N) is 1. The Labute approximate surface area is 206 Å². The van der Waals surface area contributed by atoms with Crippen LogP contribution in [0.25, 0.3) is 0 Å². The van der Waals surface area contributed by atoms with Crippen molar-refractivity contribution in [1.82, 2.24) is 14.9 Å². The van der Waals surface area contributed by atoms with Gasteiger partial charge in [0.1, 0.15) is 5.82 Å². The predicted octanol–water partition coefficient (Wildman–Crippen LogP) is 4.59. The van der Waals surface area contributed by atoms with Crippen molar-refractivity contribution in [3.63, 3.8) is 0 Å². The highest BCUT2D eigenvalue weighted by Crippen LogP contribution is 2.36. The molecule has 3 aliphatic rings. The number of piperidine rings is 1. The summed E-state index contributed by atoms with van der Waals surface area (Å²) >= 11 is 12.5. The lowest BCUT2D eigenvalue weighted by Crippen LogP contribution is -2.54. The zero-order valence-electron chi connectivity index (χ0n) is 19.2. The van der Waals surface area contributed by atoms with Crippen molar-refractivity contribution < 1.29 is 5.11 Å². The molecule has 0 bridgehead atoms. The fraction of sp³-hybridized carbons (Fsp3) is 0.600. The molecular formula is C25H33Cl2N5O. The van der Waals surface area contributed by atoms with Crippen LogP contribution in [0.15, 0.2) is 18.2 Å². The summed E-state index contributed by atoms with van der Waals surface area (Å²) in [6, 6.07) is 5.67. The molecule has 2 aromatic rings. The number of likely N-dealkylation sites (tertiary alicyclic amines) is 1. The molecule has 1 aliphatic carbocycles. The van der Waals surface area contributed by atoms with Crippen molar-refractivity contribution in [2.75, 3.05) is 49.5 Å². The summed E-state index contributed by atoms with van der Waals surface area (Å²) in [4.78, 5) is 14.7. The molecule has 0 amide bonds. The van der Waals surface area contributed by atoms with E-state index >= 15 is 0 Å². The number of hydrogen-bond donors (Lipinski definition) is 2. The Kier molecular flexibility index (Phi) is 6.98. The number of aliphatic hydroxyl groups is 1. The SMILES string of the molecule is CC(Nc1nc(N2CC(C3CCCN(CCO)C3)C2)nc2c1CCC2)c1ccc(Cl)cc1Cl. The van der Waals surface area contributed by atoms with Gasteiger partial charge in [0.25, 0.3) is 0 Å². The van der Waals surface area contributed by atoms with Crippen molar-refractivity contribution in [3.8, 4) is 0 Å². The van der Waals surface area contributed by atoms with E-state index in [-0.39, 0.29) is 12.6 Å². The van der Waals surface area contributed by atoms with E-state index in [4.69, 9.17) is 33.2 Å². The Balaban J connectivity index is 1.29. The summed E-state index contributed by atoms with van der Waals surface area (Å²) in [5.74, 6) is 3.19. The van der Waals surface area contributed by atoms with Crippen molar-refractivity contribution in [3.05, 3.63) is 45.1 Å². The number of rotatable bonds is 7. The third-order valence-electron chi connectivity index (χ3n) is 7.52. The zero-order valence-corrected chi connectivity index (χ0v) is 20.7. The number of nitrogens with zero attached hydrogens (tertiary/aromatic N) is 4. The molecule has 33 heavy (non-hydrogen) atoms. The molecule has 2 aliphatic heterocycles. The van der Waals surface area contributed by atoms with Gasteiger partial charge in [-0.1, -0.05) is 29.3 Å². The van der Waals surface area contributed by atoms with E-state index in [1.54, 1.807) is 6.07 Å². The minimum absolute atomic E-state index is 0.0195. The average molecular weight is 490 g/mol. The Bertz CT molecular complexity index is 995. The average Bonchev–Trinajstić information content (AvgIpc) is 3.22. The number of fused-ring (bicyclic) bond motifs is 1. The molecule has 0 spiro atoms. The fourth-order valence-electron chi connectivity index (χ4n) is 5.61. The maximum atomic E-state index is 9.28. The number of hydrogen-bond acceptors (Lipinski definition) is 6. The first-order valence-corrected chi connectivity index (χ1v) is 13.0. The molecule has 0 radical (unpaired) electrons. The van der Waals surface area contributed by atoms with Gasteiger partial charge in [-0.15, -0.1) is 0 Å². The largest absolute Gasteiger partial charge is 0.395 e. The highest BCUT2D eigenvalue weighted by Gasteiger charge is 2.37. The number of aryl methyl sites for hydroxylation is 1. The van der Waals surface area contributed by atoms with Crippen LogP contribution in [0.4, 0.5) is 11.8 Å². The van der Waals surface area contributed by atoms with E-state index in [1.807, 2.05) is 12.1 Å². The lowest BCUT2D eigenvalue weighted by atomic mass is 9.81. The van der Waals surface area contributed by atoms with E-state index in [9.17, 15) is 5.11 Å². The molecule has 178 valence electrons. The molecule has 0 saturated carbocycles. The summed E-state index contributed by atoms with van der Waals surface area (Å²) in [5, 5.41) is 14.2. The van der Waals surface area contributed by atoms with Crippen LogP contribution in [-0.4, -0.2) is 59.3 Å². The minimum Gasteiger partial charge on any atom is -0.395 e. The summed E-state index contributed by atoms with van der Waals surface area (Å²) < 4.78 is 0. The fourth-order valence-corrected chi connectivity index (χ4v) is 6.18. The number of benzene rings is 1. The van der Waals surface area contributed by atoms with E-state index in [0.29, 0.717) is 21.9 Å². The van der Waals surface area contributed by atoms with Gasteiger partial charge in [0.05, 0.1) is 18.3 Å². The van der Waals surface area contributed by atoms with E-state index in [2.05, 4.69) is 22.0 Å². The molecule has 5 rings (SSSR count). The van der Waals surface area contributed by atoms with Gasteiger partial charge in [-0.05, 0) is 75.1 Å². The third kappa shape index (κ3) is 4.95. The summed E-state index contributed by atoms with van der Waals surface area (Å²) in [7, 11) is 0. The van der Waals surface area contributed by atoms with Gasteiger partial charge in [0.2, 0.25) is 5.95 Å². The number of aromatic nitrogens is 2. The van der Waals surface area contributed by atoms with Crippen LogP contribution in [0.3, 0.4) is 0 Å². The van der Waals surface area contributed by atoms with Gasteiger partial charge in [0, 0.05) is 41.8 Å². The maximum Gasteiger partial charge on any atom is 0.227 e. The van der Waals surface area contributed by atoms with Gasteiger partial charge in [-0.3, -0.25) is 0 Å². The van der Waals surface area contributed by atoms with Crippen LogP contribution < -0.4 is 10.2 Å². The van der Waals surface area contributed by atoms with Gasteiger partial charge in [-0.25, -0.2) is 4.98 Å². The maximum absolute atomic E-state index is 9.28. The van der Waals surface area contributed by atoms with Crippen LogP contribution >= 0.6 is 23.2 Å². The van der Waals surface area contributed by atoms with Crippen LogP contribution in [0.5, 0.6) is 0 Å². The first-order valence-electron chi connectivity index (χ1n) is 12.2. The second kappa shape index (κ2) is 9.95. The first-order chi connectivity index (χ1) is 16.0. The Morgan fingerprint density at radius 1 is 1.12 bits per heavy atom. The number of nitrogens with one attached hydrogen (secondary N) is 1. The molecule has 1 aromatic heterocycles. The molecular weight excluding hydrogens is 457 g/mol. The molecule has 3 heterocycles. The van der Waals surface area contributed by atoms with Crippen LogP contribution in [0.2, 0.25) is 10.0 Å². The smallest absolute Gasteiger partial charge is 0.227 e. The second-order valence-corrected chi connectivity index (χ2v) is 10.6. The molecule has 1 aromatic carbocycles. The van der Waals surface area contributed by atoms with Gasteiger partial charge in [-0.2, -0.15) is 4.98 Å². The molecule has 2 unspecified atom stereocenters. The highest BCUT2D eigenvalue weighted by molar-refractivity contribution is 6.35. The van der Waals surface area contributed by atoms with Gasteiger partial charge >= 0.3 is 0 Å². The third-order valence-corrected chi connectivity index (χ3v) is 8.08. The highest BCUT2D eigenvalue weighted by atomic mass is 35.5. The molecule has 2 atom stereocenters. The molecule has 2 N–H and O–H groups in total. The number of aliphatic hydroxyl groups excluding tert-OH is 1. The Hall–Kier alpha value is -1.60. The quantitative estimate of drug-likeness (QED) is 0.592. The van der Waals surface area contributed by atoms with E-state index < -0.39 is 0 Å². The minimum atomic E-state index is 0.0195. The van der Waals surface area contributed by atoms with Gasteiger partial charge in [0.15, 0.2) is 0 Å². The van der Waals surface area contributed by atoms with Crippen molar-refractivity contribution in [2.24, 2.45) is 11.8 Å². The standard InChI is InChI=1S/C25H33Cl2N5O/c1-16(20-8-7-19(26)12-22(20)27)28-24-21-5-2-6-23(21)29-25(30-24)32-14-18(15-32)17-4-3-9-31(13-17)10-11-33/h7-8,12,16-18,33H,2-6,9-11,13-15H2,1H3,(H,28,29,30). The predicted molar refractivity (Wildman–Crippen MR) is 135 cm³/mol. The van der Waals surface area contributed by atoms with Crippen LogP contribution in [0, 0.1) is 11.8 Å². The van der Waals surface area contributed by atoms with E-state index in [1.165, 1.54) is 24.1 Å². The molecule has 8 heteroatoms. The van der Waals surface area contributed by atoms with Crippen molar-refractivity contribution >= 4 is 35.0 Å². The first kappa shape index (κ1) is 23.2. The monoisotopic (exact) mass is 489 g/mol. The van der Waals surface area contributed by atoms with Gasteiger partial charge < -0.3 is 20.2 Å². The number of anilines is 2. The normalized spacial score (nSPS) is 22.2. The van der Waals surface area contributed by atoms with Crippen LogP contribution in [-0.2, 0) is 12.8 Å². The van der Waals surface area contributed by atoms with Crippen molar-refractivity contribution in [1.29, 1.82) is 0 Å². The summed E-state index contributed by atoms with van der Waals surface area (Å²) in [6.45, 7) is 7.43. The summed E-state index contributed by atoms with van der Waals surface area (Å²) in [5.41, 5.74) is 3.45. The topological polar surface area (TPSA) is 64.5 Å². The second-order valence-electron chi connectivity index (χ2n) is 9.77. The summed E-state index contributed by atoms with van der Waals surface area (Å²) in [6.07, 6.45) is 5.69. The lowest BCUT2D eigenvalue weighted by Gasteiger charge is -2.46. The van der Waals surface area contributed by atoms with Crippen LogP contribution in [0.1, 0.15) is 49.0 Å². The Morgan fingerprint density at radius 3 is 2.76 bits per heavy atom.